The standard InChI is InChI=1S/C17H26N2O3/c1-12-7-9-13(10-8-12)14(20)18-11-17(5,6)19-15(21)22-16(2,3)4/h7-10H,11H2,1-6H3,(H,18,20)(H,19,21). The maximum absolute atomic E-state index is 12.1. The highest BCUT2D eigenvalue weighted by molar-refractivity contribution is 5.94. The van der Waals surface area contributed by atoms with E-state index in [2.05, 4.69) is 10.6 Å². The van der Waals surface area contributed by atoms with Crippen molar-refractivity contribution in [2.24, 2.45) is 0 Å². The van der Waals surface area contributed by atoms with E-state index in [4.69, 9.17) is 4.74 Å². The predicted molar refractivity (Wildman–Crippen MR) is 87.0 cm³/mol. The number of nitrogens with one attached hydrogen (secondary N) is 2. The Morgan fingerprint density at radius 2 is 1.59 bits per heavy atom. The minimum absolute atomic E-state index is 0.168. The number of alkyl carbamates (subject to hydrolysis) is 1. The molecule has 0 fully saturated rings. The van der Waals surface area contributed by atoms with E-state index in [0.29, 0.717) is 12.1 Å². The van der Waals surface area contributed by atoms with Crippen molar-refractivity contribution in [3.8, 4) is 0 Å². The smallest absolute Gasteiger partial charge is 0.408 e. The number of hydrogen-bond donors (Lipinski definition) is 2. The third kappa shape index (κ3) is 6.61. The number of rotatable bonds is 4. The van der Waals surface area contributed by atoms with E-state index < -0.39 is 17.2 Å². The number of hydrogen-bond acceptors (Lipinski definition) is 3. The molecule has 0 saturated carbocycles. The van der Waals surface area contributed by atoms with E-state index in [-0.39, 0.29) is 5.91 Å². The molecule has 5 nitrogen and oxygen atoms in total. The van der Waals surface area contributed by atoms with Gasteiger partial charge in [0.1, 0.15) is 5.60 Å². The van der Waals surface area contributed by atoms with E-state index >= 15 is 0 Å². The minimum Gasteiger partial charge on any atom is -0.444 e. The Labute approximate surface area is 132 Å². The van der Waals surface area contributed by atoms with Gasteiger partial charge in [0, 0.05) is 12.1 Å². The van der Waals surface area contributed by atoms with E-state index in [9.17, 15) is 9.59 Å². The molecule has 2 amide bonds. The fraction of sp³-hybridized carbons (Fsp3) is 0.529. The first-order chi connectivity index (χ1) is 9.98. The summed E-state index contributed by atoms with van der Waals surface area (Å²) in [5.41, 5.74) is 0.538. The maximum atomic E-state index is 12.1. The van der Waals surface area contributed by atoms with Crippen LogP contribution in [-0.4, -0.2) is 29.7 Å². The summed E-state index contributed by atoms with van der Waals surface area (Å²) in [7, 11) is 0. The number of carbonyl (C=O) groups excluding carboxylic acids is 2. The number of aryl methyl sites for hydroxylation is 1. The Kier molecular flexibility index (Phi) is 5.58. The Balaban J connectivity index is 2.52. The zero-order valence-electron chi connectivity index (χ0n) is 14.2. The van der Waals surface area contributed by atoms with Gasteiger partial charge in [-0.05, 0) is 53.7 Å². The first-order valence-corrected chi connectivity index (χ1v) is 7.34. The summed E-state index contributed by atoms with van der Waals surface area (Å²) >= 11 is 0. The first kappa shape index (κ1) is 18.0. The molecule has 0 aliphatic rings. The lowest BCUT2D eigenvalue weighted by atomic mass is 10.1. The first-order valence-electron chi connectivity index (χ1n) is 7.34. The Morgan fingerprint density at radius 1 is 1.05 bits per heavy atom. The van der Waals surface area contributed by atoms with Crippen molar-refractivity contribution >= 4 is 12.0 Å². The van der Waals surface area contributed by atoms with Crippen LogP contribution in [0.1, 0.15) is 50.5 Å². The van der Waals surface area contributed by atoms with Gasteiger partial charge in [-0.25, -0.2) is 4.79 Å². The van der Waals surface area contributed by atoms with E-state index in [1.165, 1.54) is 0 Å². The quantitative estimate of drug-likeness (QED) is 0.898. The van der Waals surface area contributed by atoms with Gasteiger partial charge < -0.3 is 15.4 Å². The van der Waals surface area contributed by atoms with Crippen LogP contribution >= 0.6 is 0 Å². The molecule has 1 aromatic carbocycles. The van der Waals surface area contributed by atoms with Crippen LogP contribution in [0.25, 0.3) is 0 Å². The van der Waals surface area contributed by atoms with Crippen molar-refractivity contribution in [2.45, 2.75) is 52.7 Å². The largest absolute Gasteiger partial charge is 0.444 e. The molecule has 1 aromatic rings. The predicted octanol–water partition coefficient (Wildman–Crippen LogP) is 3.03. The van der Waals surface area contributed by atoms with Gasteiger partial charge in [-0.2, -0.15) is 0 Å². The van der Waals surface area contributed by atoms with Gasteiger partial charge in [-0.15, -0.1) is 0 Å². The van der Waals surface area contributed by atoms with Crippen LogP contribution in [0.4, 0.5) is 4.79 Å². The van der Waals surface area contributed by atoms with Crippen molar-refractivity contribution in [1.82, 2.24) is 10.6 Å². The molecule has 0 unspecified atom stereocenters. The van der Waals surface area contributed by atoms with Gasteiger partial charge in [0.25, 0.3) is 5.91 Å². The molecule has 0 heterocycles. The third-order valence-corrected chi connectivity index (χ3v) is 2.84. The van der Waals surface area contributed by atoms with E-state index in [1.807, 2.05) is 32.9 Å². The second kappa shape index (κ2) is 6.81. The van der Waals surface area contributed by atoms with Gasteiger partial charge >= 0.3 is 6.09 Å². The van der Waals surface area contributed by atoms with Crippen molar-refractivity contribution in [2.75, 3.05) is 6.54 Å². The van der Waals surface area contributed by atoms with Crippen LogP contribution in [0.2, 0.25) is 0 Å². The Hall–Kier alpha value is -2.04. The highest BCUT2D eigenvalue weighted by Crippen LogP contribution is 2.09. The fourth-order valence-electron chi connectivity index (χ4n) is 1.73. The molecule has 0 aliphatic carbocycles. The van der Waals surface area contributed by atoms with Crippen molar-refractivity contribution in [1.29, 1.82) is 0 Å². The van der Waals surface area contributed by atoms with Gasteiger partial charge in [0.15, 0.2) is 0 Å². The van der Waals surface area contributed by atoms with Gasteiger partial charge in [0.2, 0.25) is 0 Å². The summed E-state index contributed by atoms with van der Waals surface area (Å²) in [5, 5.41) is 5.57. The second-order valence-electron chi connectivity index (χ2n) is 7.06. The van der Waals surface area contributed by atoms with Crippen LogP contribution in [0.3, 0.4) is 0 Å². The molecule has 0 aliphatic heterocycles. The van der Waals surface area contributed by atoms with Crippen molar-refractivity contribution < 1.29 is 14.3 Å². The summed E-state index contributed by atoms with van der Waals surface area (Å²) in [6.45, 7) is 11.3. The highest BCUT2D eigenvalue weighted by atomic mass is 16.6. The highest BCUT2D eigenvalue weighted by Gasteiger charge is 2.25. The summed E-state index contributed by atoms with van der Waals surface area (Å²) in [6.07, 6.45) is -0.498. The number of amides is 2. The Morgan fingerprint density at radius 3 is 2.09 bits per heavy atom. The van der Waals surface area contributed by atoms with Gasteiger partial charge in [-0.3, -0.25) is 4.79 Å². The topological polar surface area (TPSA) is 67.4 Å². The molecular formula is C17H26N2O3. The number of benzene rings is 1. The minimum atomic E-state index is -0.608. The fourth-order valence-corrected chi connectivity index (χ4v) is 1.73. The summed E-state index contributed by atoms with van der Waals surface area (Å²) in [6, 6.07) is 7.33. The zero-order chi connectivity index (χ0) is 17.0. The van der Waals surface area contributed by atoms with E-state index in [0.717, 1.165) is 5.56 Å². The molecule has 2 N–H and O–H groups in total. The average Bonchev–Trinajstić information content (AvgIpc) is 2.33. The van der Waals surface area contributed by atoms with E-state index in [1.54, 1.807) is 32.9 Å². The Bertz CT molecular complexity index is 528. The normalized spacial score (nSPS) is 11.7. The lowest BCUT2D eigenvalue weighted by molar-refractivity contribution is 0.0469. The second-order valence-corrected chi connectivity index (χ2v) is 7.06. The third-order valence-electron chi connectivity index (χ3n) is 2.84. The van der Waals surface area contributed by atoms with Crippen LogP contribution in [0.15, 0.2) is 24.3 Å². The van der Waals surface area contributed by atoms with Gasteiger partial charge in [0.05, 0.1) is 5.54 Å². The summed E-state index contributed by atoms with van der Waals surface area (Å²) in [4.78, 5) is 23.8. The molecule has 122 valence electrons. The molecular weight excluding hydrogens is 280 g/mol. The van der Waals surface area contributed by atoms with Crippen molar-refractivity contribution in [3.63, 3.8) is 0 Å². The van der Waals surface area contributed by atoms with Crippen molar-refractivity contribution in [3.05, 3.63) is 35.4 Å². The summed E-state index contributed by atoms with van der Waals surface area (Å²) < 4.78 is 5.22. The lowest BCUT2D eigenvalue weighted by Crippen LogP contribution is -2.52. The van der Waals surface area contributed by atoms with Crippen LogP contribution < -0.4 is 10.6 Å². The zero-order valence-corrected chi connectivity index (χ0v) is 14.2. The molecule has 5 heteroatoms. The number of carbonyl (C=O) groups is 2. The molecule has 0 bridgehead atoms. The molecule has 0 atom stereocenters. The van der Waals surface area contributed by atoms with Crippen LogP contribution in [0.5, 0.6) is 0 Å². The molecule has 0 radical (unpaired) electrons. The molecule has 0 spiro atoms. The maximum Gasteiger partial charge on any atom is 0.408 e. The van der Waals surface area contributed by atoms with Crippen LogP contribution in [-0.2, 0) is 4.74 Å². The lowest BCUT2D eigenvalue weighted by Gasteiger charge is -2.28. The molecule has 1 rings (SSSR count). The van der Waals surface area contributed by atoms with Gasteiger partial charge in [-0.1, -0.05) is 17.7 Å². The average molecular weight is 306 g/mol. The molecule has 0 saturated heterocycles. The molecule has 22 heavy (non-hydrogen) atoms. The SMILES string of the molecule is Cc1ccc(C(=O)NCC(C)(C)NC(=O)OC(C)(C)C)cc1. The monoisotopic (exact) mass is 306 g/mol. The van der Waals surface area contributed by atoms with Crippen LogP contribution in [0, 0.1) is 6.92 Å². The molecule has 0 aromatic heterocycles. The summed E-state index contributed by atoms with van der Waals surface area (Å²) in [5.74, 6) is -0.168. The number of ether oxygens (including phenoxy) is 1.